The number of rotatable bonds is 9. The summed E-state index contributed by atoms with van der Waals surface area (Å²) in [6.07, 6.45) is 5.77. The van der Waals surface area contributed by atoms with Gasteiger partial charge in [0.2, 0.25) is 0 Å². The molecule has 6 nitrogen and oxygen atoms in total. The van der Waals surface area contributed by atoms with Gasteiger partial charge in [-0.25, -0.2) is 0 Å². The van der Waals surface area contributed by atoms with Crippen molar-refractivity contribution in [3.05, 3.63) is 53.6 Å². The number of hydrogen-bond donors (Lipinski definition) is 2. The average molecular weight is 331 g/mol. The summed E-state index contributed by atoms with van der Waals surface area (Å²) in [6.45, 7) is 10.3. The van der Waals surface area contributed by atoms with E-state index in [0.29, 0.717) is 23.4 Å². The van der Waals surface area contributed by atoms with Crippen molar-refractivity contribution in [1.29, 1.82) is 5.26 Å². The number of allylic oxidation sites excluding steroid dienone is 1. The smallest absolute Gasteiger partial charge is 0.317 e. The van der Waals surface area contributed by atoms with E-state index in [1.165, 1.54) is 6.20 Å². The number of aliphatic carboxylic acids is 1. The first-order chi connectivity index (χ1) is 11.6. The van der Waals surface area contributed by atoms with E-state index in [4.69, 9.17) is 15.1 Å². The van der Waals surface area contributed by atoms with E-state index in [1.807, 2.05) is 32.9 Å². The molecule has 2 N–H and O–H groups in total. The van der Waals surface area contributed by atoms with E-state index in [9.17, 15) is 4.79 Å². The molecule has 1 aromatic rings. The van der Waals surface area contributed by atoms with Gasteiger partial charge in [-0.05, 0) is 18.6 Å². The maximum atomic E-state index is 10.5. The molecule has 0 amide bonds. The molecule has 0 saturated carbocycles. The number of nitrogens with zero attached hydrogens (tertiary/aromatic N) is 2. The first-order valence-corrected chi connectivity index (χ1v) is 7.84. The largest absolute Gasteiger partial charge is 0.489 e. The molecule has 0 spiro atoms. The number of nitrogens with one attached hydrogen (secondary N) is 1. The van der Waals surface area contributed by atoms with Gasteiger partial charge in [0.15, 0.2) is 0 Å². The van der Waals surface area contributed by atoms with Gasteiger partial charge in [-0.15, -0.1) is 0 Å². The summed E-state index contributed by atoms with van der Waals surface area (Å²) in [6, 6.07) is 3.74. The summed E-state index contributed by atoms with van der Waals surface area (Å²) in [4.78, 5) is 14.4. The molecule has 0 aliphatic heterocycles. The zero-order chi connectivity index (χ0) is 18.4. The molecule has 1 rings (SSSR count). The third-order valence-corrected chi connectivity index (χ3v) is 2.67. The molecule has 0 aliphatic rings. The van der Waals surface area contributed by atoms with Crippen LogP contribution in [0.25, 0.3) is 0 Å². The van der Waals surface area contributed by atoms with Crippen LogP contribution >= 0.6 is 0 Å². The van der Waals surface area contributed by atoms with Gasteiger partial charge in [0, 0.05) is 30.1 Å². The fourth-order valence-electron chi connectivity index (χ4n) is 1.69. The molecule has 0 saturated heterocycles. The molecule has 0 atom stereocenters. The number of nitriles is 1. The van der Waals surface area contributed by atoms with E-state index in [1.54, 1.807) is 12.3 Å². The molecule has 0 fully saturated rings. The molecule has 0 aliphatic carbocycles. The van der Waals surface area contributed by atoms with Crippen molar-refractivity contribution in [1.82, 2.24) is 10.3 Å². The number of carboxylic acids is 1. The number of aromatic nitrogens is 1. The molecule has 1 heterocycles. The second kappa shape index (κ2) is 12.9. The van der Waals surface area contributed by atoms with E-state index < -0.39 is 5.97 Å². The Kier molecular flexibility index (Phi) is 11.4. The minimum Gasteiger partial charge on any atom is -0.489 e. The summed E-state index contributed by atoms with van der Waals surface area (Å²) in [7, 11) is 0. The van der Waals surface area contributed by atoms with Crippen LogP contribution in [0.3, 0.4) is 0 Å². The van der Waals surface area contributed by atoms with E-state index in [-0.39, 0.29) is 13.2 Å². The van der Waals surface area contributed by atoms with Crippen LogP contribution in [0.4, 0.5) is 0 Å². The van der Waals surface area contributed by atoms with Crippen LogP contribution in [0, 0.1) is 11.3 Å². The topological polar surface area (TPSA) is 95.2 Å². The van der Waals surface area contributed by atoms with Crippen molar-refractivity contribution in [3.63, 3.8) is 0 Å². The normalized spacial score (nSPS) is 10.2. The Morgan fingerprint density at radius 1 is 1.46 bits per heavy atom. The van der Waals surface area contributed by atoms with Crippen LogP contribution in [0.5, 0.6) is 0 Å². The third kappa shape index (κ3) is 8.71. The molecule has 1 aromatic heterocycles. The minimum atomic E-state index is -0.922. The molecule has 0 unspecified atom stereocenters. The van der Waals surface area contributed by atoms with Gasteiger partial charge in [-0.3, -0.25) is 9.78 Å². The van der Waals surface area contributed by atoms with Gasteiger partial charge in [0.05, 0.1) is 12.1 Å². The van der Waals surface area contributed by atoms with Gasteiger partial charge >= 0.3 is 5.97 Å². The lowest BCUT2D eigenvalue weighted by Crippen LogP contribution is -2.25. The summed E-state index contributed by atoms with van der Waals surface area (Å²) in [5.41, 5.74) is 1.93. The fraction of sp³-hybridized carbons (Fsp3) is 0.389. The lowest BCUT2D eigenvalue weighted by Gasteiger charge is -2.13. The molecular formula is C18H25N3O3. The molecule has 130 valence electrons. The predicted octanol–water partition coefficient (Wildman–Crippen LogP) is 3.02. The molecular weight excluding hydrogens is 306 g/mol. The average Bonchev–Trinajstić information content (AvgIpc) is 2.60. The van der Waals surface area contributed by atoms with Gasteiger partial charge in [0.1, 0.15) is 18.4 Å². The van der Waals surface area contributed by atoms with Crippen LogP contribution in [-0.2, 0) is 16.1 Å². The van der Waals surface area contributed by atoms with E-state index in [2.05, 4.69) is 16.9 Å². The predicted molar refractivity (Wildman–Crippen MR) is 93.1 cm³/mol. The van der Waals surface area contributed by atoms with Crippen molar-refractivity contribution in [3.8, 4) is 6.07 Å². The maximum absolute atomic E-state index is 10.5. The van der Waals surface area contributed by atoms with Crippen LogP contribution in [0.1, 0.15) is 38.3 Å². The molecule has 0 radical (unpaired) electrons. The SMILES string of the molecule is C=C(CNCC(=O)O)/C(=C\CC)OCc1cncc(C#N)c1.CC. The van der Waals surface area contributed by atoms with Crippen molar-refractivity contribution in [2.45, 2.75) is 33.8 Å². The number of pyridine rings is 1. The van der Waals surface area contributed by atoms with Crippen molar-refractivity contribution >= 4 is 5.97 Å². The fourth-order valence-corrected chi connectivity index (χ4v) is 1.69. The highest BCUT2D eigenvalue weighted by molar-refractivity contribution is 5.69. The summed E-state index contributed by atoms with van der Waals surface area (Å²) >= 11 is 0. The Balaban J connectivity index is 0.00000254. The Morgan fingerprint density at radius 3 is 2.75 bits per heavy atom. The van der Waals surface area contributed by atoms with Crippen molar-refractivity contribution in [2.24, 2.45) is 0 Å². The number of carboxylic acid groups (broad SMARTS) is 1. The quantitative estimate of drug-likeness (QED) is 0.533. The molecule has 0 aromatic carbocycles. The third-order valence-electron chi connectivity index (χ3n) is 2.67. The van der Waals surface area contributed by atoms with Crippen molar-refractivity contribution in [2.75, 3.05) is 13.1 Å². The lowest BCUT2D eigenvalue weighted by atomic mass is 10.2. The van der Waals surface area contributed by atoms with Gasteiger partial charge in [-0.2, -0.15) is 5.26 Å². The Hall–Kier alpha value is -2.65. The highest BCUT2D eigenvalue weighted by atomic mass is 16.5. The standard InChI is InChI=1S/C16H19N3O3.C2H6/c1-3-4-15(12(2)7-18-10-16(20)21)22-11-14-5-13(6-17)8-19-9-14;1-2/h4-5,8-9,18H,2-3,7,10-11H2,1H3,(H,20,21);1-2H3/b15-4+;. The number of carbonyl (C=O) groups is 1. The summed E-state index contributed by atoms with van der Waals surface area (Å²) in [5.74, 6) is -0.308. The first-order valence-electron chi connectivity index (χ1n) is 7.84. The second-order valence-corrected chi connectivity index (χ2v) is 4.56. The minimum absolute atomic E-state index is 0.132. The van der Waals surface area contributed by atoms with Gasteiger partial charge in [0.25, 0.3) is 0 Å². The first kappa shape index (κ1) is 21.4. The van der Waals surface area contributed by atoms with Crippen molar-refractivity contribution < 1.29 is 14.6 Å². The van der Waals surface area contributed by atoms with E-state index in [0.717, 1.165) is 12.0 Å². The molecule has 24 heavy (non-hydrogen) atoms. The van der Waals surface area contributed by atoms with Gasteiger partial charge < -0.3 is 15.2 Å². The Morgan fingerprint density at radius 2 is 2.17 bits per heavy atom. The van der Waals surface area contributed by atoms with E-state index >= 15 is 0 Å². The molecule has 6 heteroatoms. The molecule has 0 bridgehead atoms. The van der Waals surface area contributed by atoms with Crippen LogP contribution in [0.2, 0.25) is 0 Å². The maximum Gasteiger partial charge on any atom is 0.317 e. The summed E-state index contributed by atoms with van der Waals surface area (Å²) < 4.78 is 5.71. The zero-order valence-corrected chi connectivity index (χ0v) is 14.5. The Bertz CT molecular complexity index is 604. The second-order valence-electron chi connectivity index (χ2n) is 4.56. The van der Waals surface area contributed by atoms with Crippen LogP contribution in [-0.4, -0.2) is 29.1 Å². The lowest BCUT2D eigenvalue weighted by molar-refractivity contribution is -0.135. The van der Waals surface area contributed by atoms with Gasteiger partial charge in [-0.1, -0.05) is 27.4 Å². The highest BCUT2D eigenvalue weighted by Crippen LogP contribution is 2.13. The monoisotopic (exact) mass is 331 g/mol. The number of ether oxygens (including phenoxy) is 1. The number of hydrogen-bond acceptors (Lipinski definition) is 5. The zero-order valence-electron chi connectivity index (χ0n) is 14.5. The van der Waals surface area contributed by atoms with Crippen LogP contribution < -0.4 is 5.32 Å². The Labute approximate surface area is 143 Å². The summed E-state index contributed by atoms with van der Waals surface area (Å²) in [5, 5.41) is 20.2. The van der Waals surface area contributed by atoms with Crippen LogP contribution in [0.15, 0.2) is 42.4 Å². The highest BCUT2D eigenvalue weighted by Gasteiger charge is 2.06.